The molecule has 0 amide bonds. The molecule has 0 saturated heterocycles. The van der Waals surface area contributed by atoms with Gasteiger partial charge in [-0.05, 0) is 24.6 Å². The van der Waals surface area contributed by atoms with Crippen molar-refractivity contribution in [2.75, 3.05) is 7.11 Å². The molecule has 1 atom stereocenters. The predicted molar refractivity (Wildman–Crippen MR) is 84.4 cm³/mol. The third-order valence-corrected chi connectivity index (χ3v) is 13.4. The first-order valence-electron chi connectivity index (χ1n) is 6.70. The fourth-order valence-electron chi connectivity index (χ4n) is 2.97. The molecule has 1 aromatic heterocycles. The predicted octanol–water partition coefficient (Wildman–Crippen LogP) is 3.76. The summed E-state index contributed by atoms with van der Waals surface area (Å²) in [5.41, 5.74) is 1.21. The van der Waals surface area contributed by atoms with Gasteiger partial charge >= 0.3 is 0 Å². The van der Waals surface area contributed by atoms with Crippen LogP contribution >= 0.6 is 0 Å². The molecule has 0 aliphatic rings. The third kappa shape index (κ3) is 4.33. The van der Waals surface area contributed by atoms with Crippen molar-refractivity contribution in [2.24, 2.45) is 0 Å². The molecule has 0 aliphatic heterocycles. The van der Waals surface area contributed by atoms with E-state index in [0.29, 0.717) is 5.35 Å². The number of aromatic nitrogens is 1. The molecule has 0 bridgehead atoms. The molecule has 0 radical (unpaired) electrons. The third-order valence-electron chi connectivity index (χ3n) is 3.48. The first kappa shape index (κ1) is 15.6. The summed E-state index contributed by atoms with van der Waals surface area (Å²) in [6.45, 7) is 12.2. The lowest BCUT2D eigenvalue weighted by molar-refractivity contribution is 0.207. The molecule has 0 N–H and O–H groups in total. The number of ether oxygens (including phenoxy) is 1. The number of hydrogen-bond donors (Lipinski definition) is 0. The Morgan fingerprint density at radius 2 is 1.83 bits per heavy atom. The van der Waals surface area contributed by atoms with Gasteiger partial charge in [-0.3, -0.25) is 4.98 Å². The van der Waals surface area contributed by atoms with Gasteiger partial charge < -0.3 is 4.74 Å². The molecule has 2 nitrogen and oxygen atoms in total. The maximum Gasteiger partial charge on any atom is 0.0779 e. The van der Waals surface area contributed by atoms with Gasteiger partial charge in [-0.2, -0.15) is 0 Å². The second-order valence-electron chi connectivity index (χ2n) is 6.79. The monoisotopic (exact) mass is 281 g/mol. The average Bonchev–Trinajstić information content (AvgIpc) is 2.26. The molecule has 1 aromatic rings. The zero-order valence-corrected chi connectivity index (χ0v) is 14.7. The normalized spacial score (nSPS) is 14.6. The Hall–Kier alpha value is -0.456. The molecule has 0 fully saturated rings. The van der Waals surface area contributed by atoms with Crippen molar-refractivity contribution < 1.29 is 4.74 Å². The average molecular weight is 282 g/mol. The van der Waals surface area contributed by atoms with Crippen molar-refractivity contribution in [3.8, 4) is 0 Å². The Bertz CT molecular complexity index is 360. The van der Waals surface area contributed by atoms with E-state index in [-0.39, 0.29) is 0 Å². The second-order valence-corrected chi connectivity index (χ2v) is 17.6. The summed E-state index contributed by atoms with van der Waals surface area (Å²) >= 11 is 0. The van der Waals surface area contributed by atoms with E-state index < -0.39 is 16.1 Å². The molecule has 102 valence electrons. The van der Waals surface area contributed by atoms with Gasteiger partial charge in [0.25, 0.3) is 0 Å². The molecular weight excluding hydrogens is 254 g/mol. The molecule has 0 spiro atoms. The van der Waals surface area contributed by atoms with Crippen molar-refractivity contribution in [1.82, 2.24) is 4.98 Å². The van der Waals surface area contributed by atoms with Gasteiger partial charge in [0.05, 0.1) is 16.1 Å². The Morgan fingerprint density at radius 3 is 2.28 bits per heavy atom. The van der Waals surface area contributed by atoms with Crippen LogP contribution in [-0.2, 0) is 11.2 Å². The van der Waals surface area contributed by atoms with Crippen molar-refractivity contribution in [1.29, 1.82) is 0 Å². The summed E-state index contributed by atoms with van der Waals surface area (Å²) in [7, 11) is -0.705. The van der Waals surface area contributed by atoms with E-state index in [2.05, 4.69) is 49.9 Å². The molecule has 4 heteroatoms. The summed E-state index contributed by atoms with van der Waals surface area (Å²) in [6, 6.07) is 7.43. The molecule has 1 unspecified atom stereocenters. The molecule has 18 heavy (non-hydrogen) atoms. The Balaban J connectivity index is 2.69. The molecule has 1 heterocycles. The minimum Gasteiger partial charge on any atom is -0.388 e. The SMILES string of the molecule is COC([Si](C)(C)C)[Si](C)(C)CCc1ccccn1. The largest absolute Gasteiger partial charge is 0.388 e. The number of methoxy groups -OCH3 is 1. The highest BCUT2D eigenvalue weighted by Crippen LogP contribution is 2.26. The van der Waals surface area contributed by atoms with Crippen LogP contribution in [0.15, 0.2) is 24.4 Å². The Kier molecular flexibility index (Phi) is 5.31. The molecular formula is C14H27NOSi2. The fraction of sp³-hybridized carbons (Fsp3) is 0.643. The minimum absolute atomic E-state index is 0.522. The standard InChI is InChI=1S/C14H27NOSi2/c1-16-14(17(2,3)4)18(5,6)12-10-13-9-7-8-11-15-13/h7-9,11,14H,10,12H2,1-6H3. The summed E-state index contributed by atoms with van der Waals surface area (Å²) in [4.78, 5) is 4.42. The van der Waals surface area contributed by atoms with Crippen LogP contribution in [0.1, 0.15) is 5.69 Å². The van der Waals surface area contributed by atoms with E-state index in [9.17, 15) is 0 Å². The van der Waals surface area contributed by atoms with Crippen LogP contribution < -0.4 is 0 Å². The zero-order valence-electron chi connectivity index (χ0n) is 12.7. The quantitative estimate of drug-likeness (QED) is 0.741. The summed E-state index contributed by atoms with van der Waals surface area (Å²) in [6.07, 6.45) is 2.97. The van der Waals surface area contributed by atoms with Gasteiger partial charge in [0.15, 0.2) is 0 Å². The van der Waals surface area contributed by atoms with Crippen LogP contribution in [0.2, 0.25) is 38.8 Å². The van der Waals surface area contributed by atoms with Crippen LogP contribution in [-0.4, -0.2) is 33.6 Å². The molecule has 0 saturated carbocycles. The van der Waals surface area contributed by atoms with Gasteiger partial charge in [-0.15, -0.1) is 0 Å². The first-order valence-corrected chi connectivity index (χ1v) is 13.6. The van der Waals surface area contributed by atoms with Crippen LogP contribution in [0, 0.1) is 0 Å². The van der Waals surface area contributed by atoms with Crippen molar-refractivity contribution >= 4 is 16.1 Å². The van der Waals surface area contributed by atoms with E-state index in [0.717, 1.165) is 6.42 Å². The molecule has 0 aliphatic carbocycles. The summed E-state index contributed by atoms with van der Waals surface area (Å²) in [5.74, 6) is 0. The van der Waals surface area contributed by atoms with Gasteiger partial charge in [0, 0.05) is 24.4 Å². The highest BCUT2D eigenvalue weighted by atomic mass is 28.4. The van der Waals surface area contributed by atoms with Crippen LogP contribution in [0.25, 0.3) is 0 Å². The summed E-state index contributed by atoms with van der Waals surface area (Å²) in [5, 5.41) is 0.522. The number of aryl methyl sites for hydroxylation is 1. The van der Waals surface area contributed by atoms with Crippen LogP contribution in [0.5, 0.6) is 0 Å². The van der Waals surface area contributed by atoms with E-state index in [1.54, 1.807) is 0 Å². The number of pyridine rings is 1. The highest BCUT2D eigenvalue weighted by Gasteiger charge is 2.40. The van der Waals surface area contributed by atoms with E-state index in [1.807, 2.05) is 19.4 Å². The smallest absolute Gasteiger partial charge is 0.0779 e. The number of hydrogen-bond acceptors (Lipinski definition) is 2. The summed E-state index contributed by atoms with van der Waals surface area (Å²) < 4.78 is 5.87. The van der Waals surface area contributed by atoms with Gasteiger partial charge in [-0.25, -0.2) is 0 Å². The van der Waals surface area contributed by atoms with Crippen LogP contribution in [0.3, 0.4) is 0 Å². The lowest BCUT2D eigenvalue weighted by Gasteiger charge is -2.39. The van der Waals surface area contributed by atoms with E-state index in [1.165, 1.54) is 11.7 Å². The molecule has 0 aromatic carbocycles. The highest BCUT2D eigenvalue weighted by molar-refractivity contribution is 6.96. The van der Waals surface area contributed by atoms with Crippen LogP contribution in [0.4, 0.5) is 0 Å². The zero-order chi connectivity index (χ0) is 13.8. The van der Waals surface area contributed by atoms with Gasteiger partial charge in [-0.1, -0.05) is 38.8 Å². The maximum atomic E-state index is 5.87. The lowest BCUT2D eigenvalue weighted by Crippen LogP contribution is -2.56. The topological polar surface area (TPSA) is 22.1 Å². The van der Waals surface area contributed by atoms with Gasteiger partial charge in [0.2, 0.25) is 0 Å². The van der Waals surface area contributed by atoms with Crippen molar-refractivity contribution in [3.63, 3.8) is 0 Å². The molecule has 1 rings (SSSR count). The Morgan fingerprint density at radius 1 is 1.17 bits per heavy atom. The first-order chi connectivity index (χ1) is 8.27. The number of nitrogens with zero attached hydrogens (tertiary/aromatic N) is 1. The number of rotatable bonds is 6. The van der Waals surface area contributed by atoms with E-state index >= 15 is 0 Å². The van der Waals surface area contributed by atoms with Gasteiger partial charge in [0.1, 0.15) is 0 Å². The lowest BCUT2D eigenvalue weighted by atomic mass is 10.3. The Labute approximate surface area is 114 Å². The van der Waals surface area contributed by atoms with Crippen molar-refractivity contribution in [3.05, 3.63) is 30.1 Å². The van der Waals surface area contributed by atoms with E-state index in [4.69, 9.17) is 4.74 Å². The maximum absolute atomic E-state index is 5.87. The van der Waals surface area contributed by atoms with Crippen molar-refractivity contribution in [2.45, 2.75) is 50.6 Å². The second kappa shape index (κ2) is 6.13. The fourth-order valence-corrected chi connectivity index (χ4v) is 15.3. The minimum atomic E-state index is -1.35.